The third kappa shape index (κ3) is 4.01. The standard InChI is InChI=1S/C33H22F3NO3S/c1-20(34)33(35,36)41(38)40-30-16-8-15-29-31(30)25-13-7-12-23(32(25)39-29)21-17-18-28-26(19-21)24-11-5-6-14-27(24)37(28)22-9-3-2-4-10-22/h2-20H,1H3/t20-,41?/m1/s1. The van der Waals surface area contributed by atoms with E-state index in [-0.39, 0.29) is 5.75 Å². The first-order chi connectivity index (χ1) is 19.8. The summed E-state index contributed by atoms with van der Waals surface area (Å²) in [5.41, 5.74) is 5.81. The molecule has 1 unspecified atom stereocenters. The maximum atomic E-state index is 14.1. The highest BCUT2D eigenvalue weighted by Gasteiger charge is 2.46. The zero-order valence-corrected chi connectivity index (χ0v) is 22.5. The zero-order chi connectivity index (χ0) is 28.3. The van der Waals surface area contributed by atoms with Crippen molar-refractivity contribution < 1.29 is 26.0 Å². The fraction of sp³-hybridized carbons (Fsp3) is 0.0909. The summed E-state index contributed by atoms with van der Waals surface area (Å²) in [5, 5.41) is -1.00. The molecule has 4 nitrogen and oxygen atoms in total. The average Bonchev–Trinajstić information content (AvgIpc) is 3.53. The second-order valence-electron chi connectivity index (χ2n) is 9.83. The molecular formula is C33H22F3NO3S. The van der Waals surface area contributed by atoms with Gasteiger partial charge in [0.25, 0.3) is 11.1 Å². The van der Waals surface area contributed by atoms with Gasteiger partial charge in [-0.1, -0.05) is 66.7 Å². The molecule has 2 atom stereocenters. The van der Waals surface area contributed by atoms with E-state index in [4.69, 9.17) is 8.60 Å². The largest absolute Gasteiger partial charge is 0.455 e. The van der Waals surface area contributed by atoms with Crippen molar-refractivity contribution in [1.82, 2.24) is 4.57 Å². The number of hydrogen-bond acceptors (Lipinski definition) is 3. The molecular weight excluding hydrogens is 547 g/mol. The highest BCUT2D eigenvalue weighted by atomic mass is 32.2. The first-order valence-corrected chi connectivity index (χ1v) is 14.1. The zero-order valence-electron chi connectivity index (χ0n) is 21.7. The second kappa shape index (κ2) is 9.52. The summed E-state index contributed by atoms with van der Waals surface area (Å²) in [7, 11) is 0. The topological polar surface area (TPSA) is 44.4 Å². The van der Waals surface area contributed by atoms with Crippen molar-refractivity contribution in [2.24, 2.45) is 0 Å². The molecule has 204 valence electrons. The smallest absolute Gasteiger partial charge is 0.386 e. The molecule has 0 saturated heterocycles. The Morgan fingerprint density at radius 3 is 2.32 bits per heavy atom. The van der Waals surface area contributed by atoms with E-state index in [1.165, 1.54) is 6.07 Å². The lowest BCUT2D eigenvalue weighted by Gasteiger charge is -2.16. The molecule has 0 spiro atoms. The van der Waals surface area contributed by atoms with Gasteiger partial charge in [-0.2, -0.15) is 8.78 Å². The number of hydrogen-bond donors (Lipinski definition) is 0. The van der Waals surface area contributed by atoms with Crippen LogP contribution in [-0.4, -0.2) is 20.2 Å². The van der Waals surface area contributed by atoms with Gasteiger partial charge in [0, 0.05) is 27.4 Å². The van der Waals surface area contributed by atoms with Crippen molar-refractivity contribution in [3.05, 3.63) is 109 Å². The Labute approximate surface area is 235 Å². The number of fused-ring (bicyclic) bond motifs is 6. The van der Waals surface area contributed by atoms with Crippen LogP contribution in [0.2, 0.25) is 0 Å². The molecule has 2 heterocycles. The van der Waals surface area contributed by atoms with Gasteiger partial charge in [0.05, 0.1) is 16.4 Å². The van der Waals surface area contributed by atoms with Gasteiger partial charge in [-0.05, 0) is 55.0 Å². The van der Waals surface area contributed by atoms with E-state index < -0.39 is 22.5 Å². The minimum absolute atomic E-state index is 0.0709. The Kier molecular flexibility index (Phi) is 5.90. The van der Waals surface area contributed by atoms with Crippen LogP contribution in [0.15, 0.2) is 114 Å². The third-order valence-corrected chi connectivity index (χ3v) is 8.43. The predicted octanol–water partition coefficient (Wildman–Crippen LogP) is 9.34. The number of aromatic nitrogens is 1. The fourth-order valence-electron chi connectivity index (χ4n) is 5.38. The minimum Gasteiger partial charge on any atom is -0.455 e. The van der Waals surface area contributed by atoms with Crippen molar-refractivity contribution in [2.75, 3.05) is 0 Å². The van der Waals surface area contributed by atoms with Crippen LogP contribution in [-0.2, 0) is 11.1 Å². The highest BCUT2D eigenvalue weighted by molar-refractivity contribution is 7.81. The van der Waals surface area contributed by atoms with E-state index in [0.717, 1.165) is 38.6 Å². The first-order valence-electron chi connectivity index (χ1n) is 13.0. The van der Waals surface area contributed by atoms with Crippen LogP contribution in [0, 0.1) is 0 Å². The predicted molar refractivity (Wildman–Crippen MR) is 158 cm³/mol. The van der Waals surface area contributed by atoms with Gasteiger partial charge in [0.1, 0.15) is 11.2 Å². The lowest BCUT2D eigenvalue weighted by molar-refractivity contribution is 0.0136. The van der Waals surface area contributed by atoms with E-state index in [1.807, 2.05) is 48.5 Å². The van der Waals surface area contributed by atoms with Crippen LogP contribution in [0.1, 0.15) is 6.92 Å². The maximum absolute atomic E-state index is 14.1. The molecule has 0 N–H and O–H groups in total. The van der Waals surface area contributed by atoms with Crippen molar-refractivity contribution in [3.8, 4) is 22.6 Å². The number of alkyl halides is 3. The van der Waals surface area contributed by atoms with E-state index in [1.54, 1.807) is 18.2 Å². The lowest BCUT2D eigenvalue weighted by Crippen LogP contribution is -2.35. The van der Waals surface area contributed by atoms with E-state index in [9.17, 15) is 17.4 Å². The molecule has 0 saturated carbocycles. The quantitative estimate of drug-likeness (QED) is 0.200. The van der Waals surface area contributed by atoms with Gasteiger partial charge in [0.15, 0.2) is 11.9 Å². The van der Waals surface area contributed by atoms with Gasteiger partial charge in [-0.15, -0.1) is 0 Å². The molecule has 0 radical (unpaired) electrons. The lowest BCUT2D eigenvalue weighted by atomic mass is 10.00. The molecule has 5 aromatic carbocycles. The van der Waals surface area contributed by atoms with Gasteiger partial charge < -0.3 is 13.2 Å². The summed E-state index contributed by atoms with van der Waals surface area (Å²) >= 11 is -3.23. The first kappa shape index (κ1) is 25.4. The number of nitrogens with zero attached hydrogens (tertiary/aromatic N) is 1. The fourth-order valence-corrected chi connectivity index (χ4v) is 6.06. The maximum Gasteiger partial charge on any atom is 0.386 e. The third-order valence-electron chi connectivity index (χ3n) is 7.33. The summed E-state index contributed by atoms with van der Waals surface area (Å²) < 4.78 is 67.4. The normalized spacial score (nSPS) is 13.8. The van der Waals surface area contributed by atoms with Gasteiger partial charge in [0.2, 0.25) is 0 Å². The highest BCUT2D eigenvalue weighted by Crippen LogP contribution is 2.42. The molecule has 0 aliphatic rings. The Bertz CT molecular complexity index is 2120. The number of furan rings is 1. The molecule has 0 fully saturated rings. The summed E-state index contributed by atoms with van der Waals surface area (Å²) in [4.78, 5) is 0. The molecule has 8 heteroatoms. The molecule has 0 aliphatic carbocycles. The molecule has 0 aliphatic heterocycles. The van der Waals surface area contributed by atoms with Gasteiger partial charge in [-0.25, -0.2) is 8.60 Å². The summed E-state index contributed by atoms with van der Waals surface area (Å²) in [6.07, 6.45) is -2.64. The molecule has 7 aromatic rings. The summed E-state index contributed by atoms with van der Waals surface area (Å²) in [6, 6.07) is 34.8. The van der Waals surface area contributed by atoms with Crippen LogP contribution in [0.4, 0.5) is 13.2 Å². The Morgan fingerprint density at radius 2 is 1.51 bits per heavy atom. The number of halogens is 3. The van der Waals surface area contributed by atoms with Crippen LogP contribution >= 0.6 is 0 Å². The van der Waals surface area contributed by atoms with Crippen molar-refractivity contribution in [2.45, 2.75) is 18.3 Å². The van der Waals surface area contributed by atoms with Crippen LogP contribution in [0.25, 0.3) is 60.6 Å². The minimum atomic E-state index is -4.17. The Morgan fingerprint density at radius 1 is 0.805 bits per heavy atom. The Balaban J connectivity index is 1.41. The number of para-hydroxylation sites is 3. The van der Waals surface area contributed by atoms with Crippen LogP contribution in [0.3, 0.4) is 0 Å². The summed E-state index contributed by atoms with van der Waals surface area (Å²) in [5.74, 6) is -0.0709. The van der Waals surface area contributed by atoms with Crippen molar-refractivity contribution in [3.63, 3.8) is 0 Å². The van der Waals surface area contributed by atoms with E-state index >= 15 is 0 Å². The van der Waals surface area contributed by atoms with E-state index in [2.05, 4.69) is 41.0 Å². The summed E-state index contributed by atoms with van der Waals surface area (Å²) in [6.45, 7) is 0.648. The van der Waals surface area contributed by atoms with Crippen molar-refractivity contribution in [1.29, 1.82) is 0 Å². The Hall–Kier alpha value is -4.56. The molecule has 0 bridgehead atoms. The molecule has 41 heavy (non-hydrogen) atoms. The van der Waals surface area contributed by atoms with Gasteiger partial charge >= 0.3 is 5.25 Å². The molecule has 2 aromatic heterocycles. The monoisotopic (exact) mass is 569 g/mol. The van der Waals surface area contributed by atoms with Crippen LogP contribution in [0.5, 0.6) is 5.75 Å². The second-order valence-corrected chi connectivity index (χ2v) is 11.0. The SMILES string of the molecule is C[C@@H](F)C(F)(F)S(=O)Oc1cccc2oc3c(-c4ccc5c(c4)c4ccccc4n5-c4ccccc4)cccc3c12. The van der Waals surface area contributed by atoms with E-state index in [0.29, 0.717) is 28.9 Å². The van der Waals surface area contributed by atoms with Gasteiger partial charge in [-0.3, -0.25) is 0 Å². The molecule has 7 rings (SSSR count). The van der Waals surface area contributed by atoms with Crippen LogP contribution < -0.4 is 4.18 Å². The number of benzene rings is 5. The average molecular weight is 570 g/mol. The number of rotatable bonds is 6. The van der Waals surface area contributed by atoms with Crippen molar-refractivity contribution >= 4 is 54.8 Å². The molecule has 0 amide bonds.